The van der Waals surface area contributed by atoms with Crippen molar-refractivity contribution in [1.82, 2.24) is 13.8 Å². The van der Waals surface area contributed by atoms with Crippen LogP contribution < -0.4 is 37.0 Å². The summed E-state index contributed by atoms with van der Waals surface area (Å²) in [4.78, 5) is 5.70. The van der Waals surface area contributed by atoms with Crippen molar-refractivity contribution in [2.24, 2.45) is 10.9 Å². The number of unbranched alkanes of at least 4 members (excludes halogenated alkanes) is 10. The molecule has 75 heavy (non-hydrogen) atoms. The Balaban J connectivity index is 1.11. The zero-order valence-corrected chi connectivity index (χ0v) is 44.1. The van der Waals surface area contributed by atoms with Gasteiger partial charge in [0.15, 0.2) is 0 Å². The molecule has 0 amide bonds. The Morgan fingerprint density at radius 1 is 0.493 bits per heavy atom. The second-order valence-corrected chi connectivity index (χ2v) is 24.0. The van der Waals surface area contributed by atoms with Gasteiger partial charge >= 0.3 is 8.88 Å². The van der Waals surface area contributed by atoms with Crippen LogP contribution in [0, 0.1) is 5.92 Å². The lowest BCUT2D eigenvalue weighted by Gasteiger charge is -2.38. The van der Waals surface area contributed by atoms with Crippen molar-refractivity contribution >= 4 is 104 Å². The van der Waals surface area contributed by atoms with E-state index >= 15 is 0 Å². The lowest BCUT2D eigenvalue weighted by Crippen LogP contribution is -2.59. The van der Waals surface area contributed by atoms with Gasteiger partial charge in [0, 0.05) is 57.4 Å². The van der Waals surface area contributed by atoms with Gasteiger partial charge in [0.1, 0.15) is 47.3 Å². The van der Waals surface area contributed by atoms with Crippen LogP contribution in [0.1, 0.15) is 108 Å². The molecule has 0 saturated heterocycles. The third-order valence-electron chi connectivity index (χ3n) is 16.6. The van der Waals surface area contributed by atoms with Crippen LogP contribution in [0.5, 0.6) is 0 Å². The number of anilines is 4. The Morgan fingerprint density at radius 3 is 1.57 bits per heavy atom. The van der Waals surface area contributed by atoms with E-state index in [1.165, 1.54) is 94.3 Å². The van der Waals surface area contributed by atoms with Crippen molar-refractivity contribution in [1.29, 1.82) is 0 Å². The van der Waals surface area contributed by atoms with Crippen LogP contribution in [0.3, 0.4) is 0 Å². The summed E-state index contributed by atoms with van der Waals surface area (Å²) in [5.74, 6) is 5.50. The maximum atomic E-state index is 8.10. The molecule has 14 rings (SSSR count). The number of benzene rings is 7. The van der Waals surface area contributed by atoms with E-state index in [-0.39, 0.29) is 12.1 Å². The second-order valence-electron chi connectivity index (χ2n) is 21.5. The highest BCUT2D eigenvalue weighted by Crippen LogP contribution is 2.50. The molecule has 5 aliphatic rings. The second kappa shape index (κ2) is 19.1. The Bertz CT molecular complexity index is 3910. The van der Waals surface area contributed by atoms with Crippen molar-refractivity contribution in [2.75, 3.05) is 34.5 Å². The summed E-state index contributed by atoms with van der Waals surface area (Å²) in [5.41, 5.74) is 3.41. The van der Waals surface area contributed by atoms with Crippen LogP contribution in [0.15, 0.2) is 150 Å². The van der Waals surface area contributed by atoms with Gasteiger partial charge in [-0.3, -0.25) is 8.47 Å². The predicted molar refractivity (Wildman–Crippen MR) is 314 cm³/mol. The number of nitrogens with one attached hydrogen (secondary N) is 5. The maximum absolute atomic E-state index is 8.10. The van der Waals surface area contributed by atoms with E-state index in [9.17, 15) is 0 Å². The summed E-state index contributed by atoms with van der Waals surface area (Å²) in [5, 5.41) is 34.8. The van der Waals surface area contributed by atoms with Gasteiger partial charge in [0.25, 0.3) is 0 Å². The fourth-order valence-electron chi connectivity index (χ4n) is 12.7. The number of amidine groups is 1. The third-order valence-corrected chi connectivity index (χ3v) is 19.8. The standard InChI is InChI=1S/C64H66N8O2Si/c1-3-5-7-9-11-21-31-73-75(74-32-22-12-10-8-6-4-2)71-61-53-37-45-27-17-18-28-46(45)38-54(53)63(71)69-59-51-35-43-25-15-16-26-44(43)36-52(51)60(66-59)70-64-56-40-48-30-20-19-29-47(48)39-55(56)62(72(64)75)68-58-50-34-42-24-14-13-23-41(42)33-49(50)57(65-58)67-61/h13-20,23-30,33-40,49,57,59,65,67-69H,3-12,21-22,31-32H2,1-2H3,(H,66,70). The lowest BCUT2D eigenvalue weighted by molar-refractivity contribution is 0.146. The van der Waals surface area contributed by atoms with Crippen molar-refractivity contribution in [3.8, 4) is 0 Å². The summed E-state index contributed by atoms with van der Waals surface area (Å²) in [6.45, 7) is 5.64. The fraction of sp³-hybridized carbons (Fsp3) is 0.297. The molecular weight excluding hydrogens is 941 g/mol. The monoisotopic (exact) mass is 1010 g/mol. The minimum absolute atomic E-state index is 0.00887. The quantitative estimate of drug-likeness (QED) is 0.0486. The minimum Gasteiger partial charge on any atom is -0.361 e. The van der Waals surface area contributed by atoms with E-state index in [2.05, 4.69) is 195 Å². The van der Waals surface area contributed by atoms with Gasteiger partial charge in [0.2, 0.25) is 0 Å². The van der Waals surface area contributed by atoms with E-state index < -0.39 is 15.0 Å². The molecule has 6 heterocycles. The molecule has 6 bridgehead atoms. The molecule has 11 heteroatoms. The molecule has 4 aliphatic heterocycles. The summed E-state index contributed by atoms with van der Waals surface area (Å²) in [7, 11) is -4.11. The molecule has 3 atom stereocenters. The van der Waals surface area contributed by atoms with Crippen molar-refractivity contribution < 1.29 is 8.85 Å². The summed E-state index contributed by atoms with van der Waals surface area (Å²) in [6, 6.07) is 49.2. The van der Waals surface area contributed by atoms with Crippen molar-refractivity contribution in [3.05, 3.63) is 166 Å². The highest BCUT2D eigenvalue weighted by atomic mass is 28.4. The number of fused-ring (bicyclic) bond motifs is 18. The summed E-state index contributed by atoms with van der Waals surface area (Å²) >= 11 is 0. The Hall–Kier alpha value is -7.31. The van der Waals surface area contributed by atoms with Gasteiger partial charge in [-0.15, -0.1) is 0 Å². The predicted octanol–water partition coefficient (Wildman–Crippen LogP) is 13.8. The van der Waals surface area contributed by atoms with E-state index in [0.717, 1.165) is 98.7 Å². The highest BCUT2D eigenvalue weighted by molar-refractivity contribution is 6.68. The number of nitrogens with zero attached hydrogens (tertiary/aromatic N) is 3. The van der Waals surface area contributed by atoms with Gasteiger partial charge in [0.05, 0.1) is 0 Å². The van der Waals surface area contributed by atoms with E-state index in [4.69, 9.17) is 13.8 Å². The average molecular weight is 1010 g/mol. The van der Waals surface area contributed by atoms with Gasteiger partial charge in [-0.2, -0.15) is 0 Å². The van der Waals surface area contributed by atoms with Crippen LogP contribution in [0.4, 0.5) is 23.3 Å². The Kier molecular flexibility index (Phi) is 11.8. The molecule has 9 aromatic rings. The van der Waals surface area contributed by atoms with Crippen LogP contribution in [0.2, 0.25) is 0 Å². The first kappa shape index (κ1) is 46.2. The molecule has 3 unspecified atom stereocenters. The first-order chi connectivity index (χ1) is 37.1. The molecule has 10 nitrogen and oxygen atoms in total. The van der Waals surface area contributed by atoms with Crippen LogP contribution in [-0.4, -0.2) is 42.6 Å². The van der Waals surface area contributed by atoms with Crippen LogP contribution in [0.25, 0.3) is 66.0 Å². The van der Waals surface area contributed by atoms with Gasteiger partial charge in [-0.1, -0.05) is 181 Å². The van der Waals surface area contributed by atoms with Crippen LogP contribution in [-0.2, 0) is 8.85 Å². The minimum atomic E-state index is -4.11. The highest BCUT2D eigenvalue weighted by Gasteiger charge is 2.55. The van der Waals surface area contributed by atoms with Gasteiger partial charge in [-0.25, -0.2) is 4.99 Å². The first-order valence-electron chi connectivity index (χ1n) is 28.0. The summed E-state index contributed by atoms with van der Waals surface area (Å²) < 4.78 is 21.2. The largest absolute Gasteiger partial charge is 0.603 e. The average Bonchev–Trinajstić information content (AvgIpc) is 4.17. The molecule has 2 aromatic heterocycles. The number of aliphatic imine (C=N–C) groups is 1. The molecule has 0 fully saturated rings. The molecule has 1 aliphatic carbocycles. The molecule has 5 N–H and O–H groups in total. The smallest absolute Gasteiger partial charge is 0.361 e. The SMILES string of the molecule is CCCCCCCCO[Si]1(OCCCCCCCC)n2c3c4cc5ccccc5cc4c2NC2=C4C=c5ccccc5=CC4C(N2)Nc2c4cc5ccccc5cc4c(n21)NC1N=C(N3)c2cc3ccccc3cc21. The molecular formula is C64H66N8O2Si. The number of aromatic nitrogens is 2. The molecule has 0 radical (unpaired) electrons. The number of hydrogen-bond acceptors (Lipinski definition) is 8. The van der Waals surface area contributed by atoms with E-state index in [1.54, 1.807) is 0 Å². The molecule has 0 spiro atoms. The third kappa shape index (κ3) is 7.84. The zero-order valence-electron chi connectivity index (χ0n) is 43.1. The van der Waals surface area contributed by atoms with Crippen LogP contribution >= 0.6 is 0 Å². The van der Waals surface area contributed by atoms with E-state index in [1.807, 2.05) is 0 Å². The Morgan fingerprint density at radius 2 is 0.973 bits per heavy atom. The normalized spacial score (nSPS) is 18.5. The maximum Gasteiger partial charge on any atom is 0.603 e. The molecule has 7 aromatic carbocycles. The molecule has 378 valence electrons. The Labute approximate surface area is 439 Å². The van der Waals surface area contributed by atoms with Gasteiger partial charge in [-0.05, 0) is 98.1 Å². The summed E-state index contributed by atoms with van der Waals surface area (Å²) in [6.07, 6.45) is 17.9. The number of hydrogen-bond donors (Lipinski definition) is 5. The van der Waals surface area contributed by atoms with E-state index in [0.29, 0.717) is 13.2 Å². The topological polar surface area (TPSA) is 101 Å². The molecule has 0 saturated carbocycles. The fourth-order valence-corrected chi connectivity index (χ4v) is 16.2. The first-order valence-corrected chi connectivity index (χ1v) is 29.7. The number of rotatable bonds is 16. The van der Waals surface area contributed by atoms with Crippen molar-refractivity contribution in [3.63, 3.8) is 0 Å². The zero-order chi connectivity index (χ0) is 50.0. The lowest BCUT2D eigenvalue weighted by atomic mass is 9.92. The van der Waals surface area contributed by atoms with Gasteiger partial charge < -0.3 is 35.4 Å². The van der Waals surface area contributed by atoms with Crippen molar-refractivity contribution in [2.45, 2.75) is 103 Å².